The summed E-state index contributed by atoms with van der Waals surface area (Å²) in [6, 6.07) is 9.18. The van der Waals surface area contributed by atoms with E-state index in [1.54, 1.807) is 18.2 Å². The van der Waals surface area contributed by atoms with Crippen molar-refractivity contribution in [3.05, 3.63) is 63.1 Å². The largest absolute Gasteiger partial charge is 0.378 e. The molecule has 0 atom stereocenters. The number of para-hydroxylation sites is 1. The molecule has 0 heterocycles. The smallest absolute Gasteiger partial charge is 0.147 e. The Kier molecular flexibility index (Phi) is 4.19. The summed E-state index contributed by atoms with van der Waals surface area (Å²) in [4.78, 5) is 0. The van der Waals surface area contributed by atoms with Crippen molar-refractivity contribution in [2.24, 2.45) is 0 Å². The van der Waals surface area contributed by atoms with Crippen LogP contribution < -0.4 is 5.32 Å². The monoisotopic (exact) mass is 331 g/mol. The Morgan fingerprint density at radius 3 is 2.56 bits per heavy atom. The molecular weight excluding hydrogens is 324 g/mol. The van der Waals surface area contributed by atoms with Crippen LogP contribution in [0.5, 0.6) is 0 Å². The molecule has 2 aromatic rings. The van der Waals surface area contributed by atoms with E-state index >= 15 is 0 Å². The molecule has 2 aromatic carbocycles. The van der Waals surface area contributed by atoms with Crippen molar-refractivity contribution in [1.82, 2.24) is 0 Å². The number of nitrogens with one attached hydrogen (secondary N) is 1. The molecule has 0 aliphatic heterocycles. The van der Waals surface area contributed by atoms with E-state index in [4.69, 9.17) is 11.6 Å². The predicted octanol–water partition coefficient (Wildman–Crippen LogP) is 4.99. The zero-order chi connectivity index (χ0) is 13.1. The van der Waals surface area contributed by atoms with Gasteiger partial charge in [-0.3, -0.25) is 0 Å². The molecule has 0 bridgehead atoms. The summed E-state index contributed by atoms with van der Waals surface area (Å²) in [6.07, 6.45) is 0. The molecule has 0 aliphatic rings. The lowest BCUT2D eigenvalue weighted by Crippen LogP contribution is -2.02. The molecule has 2 rings (SSSR count). The van der Waals surface area contributed by atoms with Crippen molar-refractivity contribution < 1.29 is 8.78 Å². The minimum atomic E-state index is -0.483. The van der Waals surface area contributed by atoms with Gasteiger partial charge in [-0.2, -0.15) is 0 Å². The van der Waals surface area contributed by atoms with Gasteiger partial charge < -0.3 is 5.32 Å². The molecule has 1 nitrogen and oxygen atoms in total. The summed E-state index contributed by atoms with van der Waals surface area (Å²) in [7, 11) is 0. The van der Waals surface area contributed by atoms with Crippen molar-refractivity contribution in [3.63, 3.8) is 0 Å². The van der Waals surface area contributed by atoms with E-state index < -0.39 is 5.82 Å². The highest BCUT2D eigenvalue weighted by molar-refractivity contribution is 9.10. The first-order chi connectivity index (χ1) is 8.58. The topological polar surface area (TPSA) is 12.0 Å². The Hall–Kier alpha value is -1.13. The Balaban J connectivity index is 2.14. The van der Waals surface area contributed by atoms with Gasteiger partial charge in [-0.1, -0.05) is 23.7 Å². The third-order valence-corrected chi connectivity index (χ3v) is 3.38. The summed E-state index contributed by atoms with van der Waals surface area (Å²) >= 11 is 8.83. The van der Waals surface area contributed by atoms with Crippen LogP contribution in [0.2, 0.25) is 5.02 Å². The summed E-state index contributed by atoms with van der Waals surface area (Å²) in [6.45, 7) is 0.313. The van der Waals surface area contributed by atoms with Gasteiger partial charge in [0, 0.05) is 11.0 Å². The van der Waals surface area contributed by atoms with Gasteiger partial charge >= 0.3 is 0 Å². The van der Waals surface area contributed by atoms with Crippen LogP contribution in [-0.2, 0) is 6.54 Å². The number of rotatable bonds is 3. The van der Waals surface area contributed by atoms with Gasteiger partial charge in [0.25, 0.3) is 0 Å². The van der Waals surface area contributed by atoms with Crippen LogP contribution in [0.15, 0.2) is 40.9 Å². The molecular formula is C13H9BrClF2N. The number of hydrogen-bond donors (Lipinski definition) is 1. The second-order valence-corrected chi connectivity index (χ2v) is 4.96. The molecule has 0 saturated carbocycles. The zero-order valence-corrected chi connectivity index (χ0v) is 11.5. The van der Waals surface area contributed by atoms with E-state index in [0.717, 1.165) is 0 Å². The Morgan fingerprint density at radius 1 is 1.11 bits per heavy atom. The fourth-order valence-electron chi connectivity index (χ4n) is 1.51. The average Bonchev–Trinajstić information content (AvgIpc) is 2.33. The summed E-state index contributed by atoms with van der Waals surface area (Å²) < 4.78 is 27.4. The maximum atomic E-state index is 13.5. The first-order valence-corrected chi connectivity index (χ1v) is 6.37. The molecule has 0 saturated heterocycles. The van der Waals surface area contributed by atoms with Gasteiger partial charge in [-0.25, -0.2) is 8.78 Å². The summed E-state index contributed by atoms with van der Waals surface area (Å²) in [5.41, 5.74) is 1.04. The minimum Gasteiger partial charge on any atom is -0.378 e. The Morgan fingerprint density at radius 2 is 1.89 bits per heavy atom. The second kappa shape index (κ2) is 5.67. The number of anilines is 1. The Bertz CT molecular complexity index is 555. The normalized spacial score (nSPS) is 10.4. The third-order valence-electron chi connectivity index (χ3n) is 2.42. The van der Waals surface area contributed by atoms with Gasteiger partial charge in [0.2, 0.25) is 0 Å². The first-order valence-electron chi connectivity index (χ1n) is 5.20. The molecule has 0 fully saturated rings. The maximum Gasteiger partial charge on any atom is 0.147 e. The van der Waals surface area contributed by atoms with Crippen LogP contribution in [0.3, 0.4) is 0 Å². The van der Waals surface area contributed by atoms with Crippen LogP contribution in [0.4, 0.5) is 14.5 Å². The first kappa shape index (κ1) is 13.3. The Labute approximate surface area is 117 Å². The molecule has 5 heteroatoms. The van der Waals surface area contributed by atoms with E-state index in [1.807, 2.05) is 0 Å². The van der Waals surface area contributed by atoms with Crippen molar-refractivity contribution in [2.75, 3.05) is 5.32 Å². The molecule has 0 amide bonds. The average molecular weight is 333 g/mol. The van der Waals surface area contributed by atoms with Crippen molar-refractivity contribution in [1.29, 1.82) is 0 Å². The molecule has 18 heavy (non-hydrogen) atoms. The highest BCUT2D eigenvalue weighted by Gasteiger charge is 2.06. The van der Waals surface area contributed by atoms with Gasteiger partial charge in [-0.05, 0) is 45.8 Å². The number of halogens is 4. The van der Waals surface area contributed by atoms with E-state index in [1.165, 1.54) is 18.2 Å². The van der Waals surface area contributed by atoms with Crippen LogP contribution >= 0.6 is 27.5 Å². The molecule has 94 valence electrons. The quantitative estimate of drug-likeness (QED) is 0.834. The van der Waals surface area contributed by atoms with Crippen molar-refractivity contribution in [2.45, 2.75) is 6.54 Å². The maximum absolute atomic E-state index is 13.5. The third kappa shape index (κ3) is 3.00. The van der Waals surface area contributed by atoms with E-state index in [9.17, 15) is 8.78 Å². The molecule has 0 unspecified atom stereocenters. The van der Waals surface area contributed by atoms with Crippen LogP contribution in [-0.4, -0.2) is 0 Å². The second-order valence-electron chi connectivity index (χ2n) is 3.70. The number of benzene rings is 2. The predicted molar refractivity (Wildman–Crippen MR) is 72.8 cm³/mol. The molecule has 0 aromatic heterocycles. The standard InChI is InChI=1S/C13H9BrClF2N/c14-9-2-1-3-11(16)13(9)18-7-8-4-5-10(15)12(17)6-8/h1-6,18H,7H2. The summed E-state index contributed by atoms with van der Waals surface area (Å²) in [5.74, 6) is -0.845. The molecule has 0 aliphatic carbocycles. The van der Waals surface area contributed by atoms with E-state index in [2.05, 4.69) is 21.2 Å². The molecule has 0 spiro atoms. The number of hydrogen-bond acceptors (Lipinski definition) is 1. The van der Waals surface area contributed by atoms with Gasteiger partial charge in [0.1, 0.15) is 11.6 Å². The van der Waals surface area contributed by atoms with Crippen LogP contribution in [0.1, 0.15) is 5.56 Å². The minimum absolute atomic E-state index is 0.0748. The lowest BCUT2D eigenvalue weighted by molar-refractivity contribution is 0.625. The van der Waals surface area contributed by atoms with Crippen LogP contribution in [0.25, 0.3) is 0 Å². The molecule has 0 radical (unpaired) electrons. The SMILES string of the molecule is Fc1cc(CNc2c(F)cccc2Br)ccc1Cl. The lowest BCUT2D eigenvalue weighted by atomic mass is 10.2. The lowest BCUT2D eigenvalue weighted by Gasteiger charge is -2.10. The van der Waals surface area contributed by atoms with Gasteiger partial charge in [0.15, 0.2) is 0 Å². The van der Waals surface area contributed by atoms with Gasteiger partial charge in [0.05, 0.1) is 10.7 Å². The van der Waals surface area contributed by atoms with Crippen molar-refractivity contribution >= 4 is 33.2 Å². The fourth-order valence-corrected chi connectivity index (χ4v) is 2.11. The van der Waals surface area contributed by atoms with Crippen molar-refractivity contribution in [3.8, 4) is 0 Å². The van der Waals surface area contributed by atoms with Crippen LogP contribution in [0, 0.1) is 11.6 Å². The van der Waals surface area contributed by atoms with E-state index in [0.29, 0.717) is 22.3 Å². The van der Waals surface area contributed by atoms with E-state index in [-0.39, 0.29) is 10.8 Å². The highest BCUT2D eigenvalue weighted by Crippen LogP contribution is 2.26. The summed E-state index contributed by atoms with van der Waals surface area (Å²) in [5, 5.41) is 2.99. The van der Waals surface area contributed by atoms with Gasteiger partial charge in [-0.15, -0.1) is 0 Å². The zero-order valence-electron chi connectivity index (χ0n) is 9.18. The molecule has 1 N–H and O–H groups in total. The highest BCUT2D eigenvalue weighted by atomic mass is 79.9. The fraction of sp³-hybridized carbons (Fsp3) is 0.0769.